The zero-order valence-electron chi connectivity index (χ0n) is 11.9. The summed E-state index contributed by atoms with van der Waals surface area (Å²) in [7, 11) is 0. The lowest BCUT2D eigenvalue weighted by Crippen LogP contribution is -2.28. The molecule has 1 aromatic heterocycles. The average molecular weight is 345 g/mol. The predicted octanol–water partition coefficient (Wildman–Crippen LogP) is 2.43. The summed E-state index contributed by atoms with van der Waals surface area (Å²) in [6.07, 6.45) is -4.42. The highest BCUT2D eigenvalue weighted by atomic mass is 32.1. The molecule has 3 N–H and O–H groups in total. The fourth-order valence-electron chi connectivity index (χ4n) is 1.70. The fraction of sp³-hybridized carbons (Fsp3) is 0.286. The van der Waals surface area contributed by atoms with Gasteiger partial charge in [-0.05, 0) is 18.2 Å². The minimum absolute atomic E-state index is 0.0426. The summed E-state index contributed by atoms with van der Waals surface area (Å²) >= 11 is 1.28. The summed E-state index contributed by atoms with van der Waals surface area (Å²) < 4.78 is 42.9. The van der Waals surface area contributed by atoms with Crippen LogP contribution in [0.2, 0.25) is 0 Å². The van der Waals surface area contributed by atoms with Gasteiger partial charge >= 0.3 is 6.18 Å². The number of halogens is 3. The number of ether oxygens (including phenoxy) is 1. The van der Waals surface area contributed by atoms with Crippen molar-refractivity contribution in [2.24, 2.45) is 5.73 Å². The number of amides is 1. The molecule has 0 fully saturated rings. The van der Waals surface area contributed by atoms with Crippen LogP contribution in [0.1, 0.15) is 21.1 Å². The van der Waals surface area contributed by atoms with E-state index in [4.69, 9.17) is 10.5 Å². The molecule has 1 heterocycles. The van der Waals surface area contributed by atoms with Crippen molar-refractivity contribution in [3.8, 4) is 5.75 Å². The SMILES string of the molecule is NCc1nc(C(=O)NCCOc2cccc(C(F)(F)F)c2)cs1. The summed E-state index contributed by atoms with van der Waals surface area (Å²) in [6.45, 7) is 0.447. The van der Waals surface area contributed by atoms with Crippen LogP contribution >= 0.6 is 11.3 Å². The van der Waals surface area contributed by atoms with Gasteiger partial charge in [0.05, 0.1) is 12.1 Å². The van der Waals surface area contributed by atoms with Crippen molar-refractivity contribution >= 4 is 17.2 Å². The number of alkyl halides is 3. The van der Waals surface area contributed by atoms with Crippen molar-refractivity contribution in [1.82, 2.24) is 10.3 Å². The van der Waals surface area contributed by atoms with Crippen molar-refractivity contribution in [3.05, 3.63) is 45.9 Å². The van der Waals surface area contributed by atoms with E-state index in [0.29, 0.717) is 5.01 Å². The van der Waals surface area contributed by atoms with Crippen molar-refractivity contribution in [3.63, 3.8) is 0 Å². The van der Waals surface area contributed by atoms with Gasteiger partial charge in [0.1, 0.15) is 23.1 Å². The molecule has 0 spiro atoms. The first-order chi connectivity index (χ1) is 10.9. The van der Waals surface area contributed by atoms with E-state index in [9.17, 15) is 18.0 Å². The minimum Gasteiger partial charge on any atom is -0.492 e. The van der Waals surface area contributed by atoms with Crippen LogP contribution in [0.5, 0.6) is 5.75 Å². The maximum Gasteiger partial charge on any atom is 0.416 e. The third-order valence-corrected chi connectivity index (χ3v) is 3.65. The van der Waals surface area contributed by atoms with Gasteiger partial charge in [-0.1, -0.05) is 6.07 Å². The first kappa shape index (κ1) is 17.2. The van der Waals surface area contributed by atoms with Crippen LogP contribution in [-0.4, -0.2) is 24.0 Å². The molecule has 0 atom stereocenters. The largest absolute Gasteiger partial charge is 0.492 e. The van der Waals surface area contributed by atoms with Gasteiger partial charge in [0.25, 0.3) is 5.91 Å². The molecule has 0 saturated carbocycles. The number of thiazole rings is 1. The number of carbonyl (C=O) groups excluding carboxylic acids is 1. The lowest BCUT2D eigenvalue weighted by molar-refractivity contribution is -0.137. The second-order valence-electron chi connectivity index (χ2n) is 4.46. The van der Waals surface area contributed by atoms with Crippen LogP contribution in [0.25, 0.3) is 0 Å². The Hall–Kier alpha value is -2.13. The van der Waals surface area contributed by atoms with Gasteiger partial charge in [0.2, 0.25) is 0 Å². The number of hydrogen-bond acceptors (Lipinski definition) is 5. The van der Waals surface area contributed by atoms with Crippen LogP contribution in [-0.2, 0) is 12.7 Å². The zero-order chi connectivity index (χ0) is 16.9. The van der Waals surface area contributed by atoms with Gasteiger partial charge in [-0.15, -0.1) is 11.3 Å². The lowest BCUT2D eigenvalue weighted by Gasteiger charge is -2.10. The molecule has 1 aromatic carbocycles. The van der Waals surface area contributed by atoms with Crippen molar-refractivity contribution in [2.75, 3.05) is 13.2 Å². The molecule has 0 aliphatic rings. The third kappa shape index (κ3) is 4.93. The van der Waals surface area contributed by atoms with Gasteiger partial charge in [-0.2, -0.15) is 13.2 Å². The Morgan fingerprint density at radius 3 is 2.83 bits per heavy atom. The maximum absolute atomic E-state index is 12.6. The molecule has 1 amide bonds. The third-order valence-electron chi connectivity index (χ3n) is 2.78. The summed E-state index contributed by atoms with van der Waals surface area (Å²) in [5.74, 6) is -0.290. The zero-order valence-corrected chi connectivity index (χ0v) is 12.7. The monoisotopic (exact) mass is 345 g/mol. The Bertz CT molecular complexity index is 673. The Labute approximate surface area is 134 Å². The van der Waals surface area contributed by atoms with E-state index in [1.54, 1.807) is 5.38 Å². The Kier molecular flexibility index (Phi) is 5.56. The van der Waals surface area contributed by atoms with E-state index in [1.165, 1.54) is 23.5 Å². The quantitative estimate of drug-likeness (QED) is 0.789. The highest BCUT2D eigenvalue weighted by molar-refractivity contribution is 7.09. The van der Waals surface area contributed by atoms with E-state index >= 15 is 0 Å². The van der Waals surface area contributed by atoms with Gasteiger partial charge < -0.3 is 15.8 Å². The molecule has 124 valence electrons. The fourth-order valence-corrected chi connectivity index (χ4v) is 2.35. The first-order valence-corrected chi connectivity index (χ1v) is 7.51. The van der Waals surface area contributed by atoms with Crippen LogP contribution in [0.15, 0.2) is 29.6 Å². The van der Waals surface area contributed by atoms with E-state index in [-0.39, 0.29) is 37.0 Å². The van der Waals surface area contributed by atoms with Crippen molar-refractivity contribution in [2.45, 2.75) is 12.7 Å². The second-order valence-corrected chi connectivity index (χ2v) is 5.40. The standard InChI is InChI=1S/C14H14F3N3O2S/c15-14(16,17)9-2-1-3-10(6-9)22-5-4-19-13(21)11-8-23-12(7-18)20-11/h1-3,6,8H,4-5,7,18H2,(H,19,21). The number of benzene rings is 1. The number of nitrogens with two attached hydrogens (primary N) is 1. The number of carbonyl (C=O) groups is 1. The summed E-state index contributed by atoms with van der Waals surface area (Å²) in [4.78, 5) is 15.8. The molecule has 23 heavy (non-hydrogen) atoms. The van der Waals surface area contributed by atoms with Crippen molar-refractivity contribution < 1.29 is 22.7 Å². The summed E-state index contributed by atoms with van der Waals surface area (Å²) in [5, 5.41) is 4.81. The molecule has 0 aliphatic heterocycles. The van der Waals surface area contributed by atoms with E-state index < -0.39 is 11.7 Å². The number of aromatic nitrogens is 1. The molecule has 9 heteroatoms. The number of rotatable bonds is 6. The van der Waals surface area contributed by atoms with E-state index in [2.05, 4.69) is 10.3 Å². The smallest absolute Gasteiger partial charge is 0.416 e. The molecule has 0 aliphatic carbocycles. The number of nitrogens with one attached hydrogen (secondary N) is 1. The Morgan fingerprint density at radius 2 is 2.17 bits per heavy atom. The van der Waals surface area contributed by atoms with Gasteiger partial charge in [-0.25, -0.2) is 4.98 Å². The van der Waals surface area contributed by atoms with E-state index in [1.807, 2.05) is 0 Å². The Balaban J connectivity index is 1.80. The topological polar surface area (TPSA) is 77.2 Å². The number of nitrogens with zero attached hydrogens (tertiary/aromatic N) is 1. The van der Waals surface area contributed by atoms with E-state index in [0.717, 1.165) is 12.1 Å². The number of hydrogen-bond donors (Lipinski definition) is 2. The molecular weight excluding hydrogens is 331 g/mol. The molecular formula is C14H14F3N3O2S. The first-order valence-electron chi connectivity index (χ1n) is 6.63. The minimum atomic E-state index is -4.42. The van der Waals surface area contributed by atoms with Crippen molar-refractivity contribution in [1.29, 1.82) is 0 Å². The van der Waals surface area contributed by atoms with Crippen LogP contribution in [0.3, 0.4) is 0 Å². The normalized spacial score (nSPS) is 11.3. The van der Waals surface area contributed by atoms with Gasteiger partial charge in [0.15, 0.2) is 0 Å². The van der Waals surface area contributed by atoms with Crippen LogP contribution in [0.4, 0.5) is 13.2 Å². The highest BCUT2D eigenvalue weighted by Gasteiger charge is 2.30. The van der Waals surface area contributed by atoms with Gasteiger partial charge in [0, 0.05) is 11.9 Å². The molecule has 0 radical (unpaired) electrons. The molecule has 2 aromatic rings. The molecule has 5 nitrogen and oxygen atoms in total. The highest BCUT2D eigenvalue weighted by Crippen LogP contribution is 2.31. The average Bonchev–Trinajstić information content (AvgIpc) is 3.00. The molecule has 2 rings (SSSR count). The molecule has 0 saturated heterocycles. The lowest BCUT2D eigenvalue weighted by atomic mass is 10.2. The maximum atomic E-state index is 12.6. The second kappa shape index (κ2) is 7.42. The Morgan fingerprint density at radius 1 is 1.39 bits per heavy atom. The predicted molar refractivity (Wildman–Crippen MR) is 79.3 cm³/mol. The summed E-state index contributed by atoms with van der Waals surface area (Å²) in [6, 6.07) is 4.56. The molecule has 0 unspecified atom stereocenters. The van der Waals surface area contributed by atoms with Gasteiger partial charge in [-0.3, -0.25) is 4.79 Å². The summed E-state index contributed by atoms with van der Waals surface area (Å²) in [5.41, 5.74) is 4.89. The molecule has 0 bridgehead atoms. The van der Waals surface area contributed by atoms with Crippen LogP contribution in [0, 0.1) is 0 Å². The van der Waals surface area contributed by atoms with Crippen LogP contribution < -0.4 is 15.8 Å².